The topological polar surface area (TPSA) is 86.7 Å². The molecule has 1 aliphatic heterocycles. The standard InChI is InChI=1S/C18H22N2O4/c21-16(22)11-12-7-9-20(10-8-12)18(24)14-3-5-15(6-4-14)19-17(23)13-1-2-13/h3-6,12-13H,1-2,7-11H2,(H,19,23)(H,21,22). The monoisotopic (exact) mass is 330 g/mol. The number of hydrogen-bond acceptors (Lipinski definition) is 3. The number of piperidine rings is 1. The lowest BCUT2D eigenvalue weighted by atomic mass is 9.93. The smallest absolute Gasteiger partial charge is 0.303 e. The molecule has 1 aromatic rings. The molecule has 0 unspecified atom stereocenters. The summed E-state index contributed by atoms with van der Waals surface area (Å²) in [6.07, 6.45) is 3.55. The first-order valence-electron chi connectivity index (χ1n) is 8.45. The zero-order valence-electron chi connectivity index (χ0n) is 13.5. The number of benzene rings is 1. The molecular formula is C18H22N2O4. The summed E-state index contributed by atoms with van der Waals surface area (Å²) in [6.45, 7) is 1.19. The first-order chi connectivity index (χ1) is 11.5. The van der Waals surface area contributed by atoms with Gasteiger partial charge in [0.25, 0.3) is 5.91 Å². The Morgan fingerprint density at radius 3 is 2.21 bits per heavy atom. The number of rotatable bonds is 5. The molecule has 1 aliphatic carbocycles. The number of nitrogens with one attached hydrogen (secondary N) is 1. The van der Waals surface area contributed by atoms with E-state index in [4.69, 9.17) is 5.11 Å². The minimum Gasteiger partial charge on any atom is -0.481 e. The van der Waals surface area contributed by atoms with Gasteiger partial charge in [-0.25, -0.2) is 0 Å². The molecule has 2 aliphatic rings. The van der Waals surface area contributed by atoms with Crippen molar-refractivity contribution < 1.29 is 19.5 Å². The molecule has 128 valence electrons. The maximum atomic E-state index is 12.5. The molecule has 0 radical (unpaired) electrons. The Hall–Kier alpha value is -2.37. The van der Waals surface area contributed by atoms with Gasteiger partial charge >= 0.3 is 5.97 Å². The molecule has 6 heteroatoms. The van der Waals surface area contributed by atoms with Crippen LogP contribution >= 0.6 is 0 Å². The fraction of sp³-hybridized carbons (Fsp3) is 0.500. The van der Waals surface area contributed by atoms with Crippen LogP contribution in [0.2, 0.25) is 0 Å². The van der Waals surface area contributed by atoms with Crippen molar-refractivity contribution in [3.05, 3.63) is 29.8 Å². The van der Waals surface area contributed by atoms with Gasteiger partial charge in [0.15, 0.2) is 0 Å². The van der Waals surface area contributed by atoms with Crippen LogP contribution in [0, 0.1) is 11.8 Å². The molecule has 3 rings (SSSR count). The van der Waals surface area contributed by atoms with E-state index in [-0.39, 0.29) is 30.1 Å². The van der Waals surface area contributed by atoms with Crippen LogP contribution in [0.5, 0.6) is 0 Å². The number of carbonyl (C=O) groups excluding carboxylic acids is 2. The zero-order valence-corrected chi connectivity index (χ0v) is 13.5. The van der Waals surface area contributed by atoms with Gasteiger partial charge in [0.1, 0.15) is 0 Å². The van der Waals surface area contributed by atoms with Gasteiger partial charge in [-0.2, -0.15) is 0 Å². The Morgan fingerprint density at radius 2 is 1.67 bits per heavy atom. The molecule has 1 heterocycles. The first kappa shape index (κ1) is 16.5. The molecule has 1 aromatic carbocycles. The highest BCUT2D eigenvalue weighted by molar-refractivity contribution is 5.96. The minimum absolute atomic E-state index is 0.0381. The third kappa shape index (κ3) is 4.13. The van der Waals surface area contributed by atoms with Crippen LogP contribution in [0.1, 0.15) is 42.5 Å². The van der Waals surface area contributed by atoms with Crippen molar-refractivity contribution in [3.8, 4) is 0 Å². The predicted octanol–water partition coefficient (Wildman–Crippen LogP) is 2.36. The van der Waals surface area contributed by atoms with Crippen LogP contribution < -0.4 is 5.32 Å². The van der Waals surface area contributed by atoms with Crippen molar-refractivity contribution in [2.75, 3.05) is 18.4 Å². The average Bonchev–Trinajstić information content (AvgIpc) is 3.40. The van der Waals surface area contributed by atoms with E-state index in [1.165, 1.54) is 0 Å². The Kier molecular flexibility index (Phi) is 4.83. The highest BCUT2D eigenvalue weighted by Crippen LogP contribution is 2.30. The number of likely N-dealkylation sites (tertiary alicyclic amines) is 1. The number of anilines is 1. The molecule has 2 amide bonds. The van der Waals surface area contributed by atoms with Gasteiger partial charge in [0.05, 0.1) is 0 Å². The van der Waals surface area contributed by atoms with Gasteiger partial charge in [0, 0.05) is 36.7 Å². The van der Waals surface area contributed by atoms with E-state index in [2.05, 4.69) is 5.32 Å². The van der Waals surface area contributed by atoms with E-state index in [0.29, 0.717) is 24.3 Å². The van der Waals surface area contributed by atoms with Crippen molar-refractivity contribution in [3.63, 3.8) is 0 Å². The fourth-order valence-electron chi connectivity index (χ4n) is 3.06. The second kappa shape index (κ2) is 7.03. The van der Waals surface area contributed by atoms with E-state index >= 15 is 0 Å². The summed E-state index contributed by atoms with van der Waals surface area (Å²) in [6, 6.07) is 6.97. The molecule has 0 atom stereocenters. The van der Waals surface area contributed by atoms with E-state index in [0.717, 1.165) is 25.7 Å². The Balaban J connectivity index is 1.53. The molecule has 24 heavy (non-hydrogen) atoms. The molecular weight excluding hydrogens is 308 g/mol. The normalized spacial score (nSPS) is 18.2. The van der Waals surface area contributed by atoms with Crippen molar-refractivity contribution in [1.29, 1.82) is 0 Å². The summed E-state index contributed by atoms with van der Waals surface area (Å²) < 4.78 is 0. The molecule has 0 spiro atoms. The number of carboxylic acids is 1. The highest BCUT2D eigenvalue weighted by Gasteiger charge is 2.29. The lowest BCUT2D eigenvalue weighted by molar-refractivity contribution is -0.138. The molecule has 0 aromatic heterocycles. The van der Waals surface area contributed by atoms with E-state index in [9.17, 15) is 14.4 Å². The molecule has 0 bridgehead atoms. The van der Waals surface area contributed by atoms with Crippen LogP contribution in [0.25, 0.3) is 0 Å². The molecule has 1 saturated carbocycles. The summed E-state index contributed by atoms with van der Waals surface area (Å²) in [7, 11) is 0. The maximum Gasteiger partial charge on any atom is 0.303 e. The van der Waals surface area contributed by atoms with Crippen LogP contribution in [0.4, 0.5) is 5.69 Å². The van der Waals surface area contributed by atoms with Crippen molar-refractivity contribution >= 4 is 23.5 Å². The van der Waals surface area contributed by atoms with Crippen LogP contribution in [-0.2, 0) is 9.59 Å². The van der Waals surface area contributed by atoms with Gasteiger partial charge in [-0.3, -0.25) is 14.4 Å². The van der Waals surface area contributed by atoms with Crippen LogP contribution in [0.3, 0.4) is 0 Å². The number of nitrogens with zero attached hydrogens (tertiary/aromatic N) is 1. The van der Waals surface area contributed by atoms with Crippen molar-refractivity contribution in [2.24, 2.45) is 11.8 Å². The number of amides is 2. The summed E-state index contributed by atoms with van der Waals surface area (Å²) in [5, 5.41) is 11.7. The SMILES string of the molecule is O=C(O)CC1CCN(C(=O)c2ccc(NC(=O)C3CC3)cc2)CC1. The first-order valence-corrected chi connectivity index (χ1v) is 8.45. The Labute approximate surface area is 140 Å². The zero-order chi connectivity index (χ0) is 17.1. The number of carbonyl (C=O) groups is 3. The second-order valence-electron chi connectivity index (χ2n) is 6.67. The number of carboxylic acid groups (broad SMARTS) is 1. The van der Waals surface area contributed by atoms with Gasteiger partial charge in [0.2, 0.25) is 5.91 Å². The summed E-state index contributed by atoms with van der Waals surface area (Å²) in [5.41, 5.74) is 1.31. The number of hydrogen-bond donors (Lipinski definition) is 2. The van der Waals surface area contributed by atoms with Crippen LogP contribution in [0.15, 0.2) is 24.3 Å². The van der Waals surface area contributed by atoms with Crippen molar-refractivity contribution in [1.82, 2.24) is 4.90 Å². The van der Waals surface area contributed by atoms with Crippen molar-refractivity contribution in [2.45, 2.75) is 32.1 Å². The number of aliphatic carboxylic acids is 1. The molecule has 2 fully saturated rings. The third-order valence-electron chi connectivity index (χ3n) is 4.71. The quantitative estimate of drug-likeness (QED) is 0.868. The largest absolute Gasteiger partial charge is 0.481 e. The lowest BCUT2D eigenvalue weighted by Gasteiger charge is -2.31. The second-order valence-corrected chi connectivity index (χ2v) is 6.67. The summed E-state index contributed by atoms with van der Waals surface area (Å²) in [4.78, 5) is 36.7. The van der Waals surface area contributed by atoms with Gasteiger partial charge in [-0.1, -0.05) is 0 Å². The molecule has 2 N–H and O–H groups in total. The van der Waals surface area contributed by atoms with E-state index < -0.39 is 5.97 Å². The van der Waals surface area contributed by atoms with E-state index in [1.807, 2.05) is 0 Å². The van der Waals surface area contributed by atoms with E-state index in [1.54, 1.807) is 29.2 Å². The van der Waals surface area contributed by atoms with Gasteiger partial charge in [-0.15, -0.1) is 0 Å². The predicted molar refractivity (Wildman–Crippen MR) is 88.7 cm³/mol. The minimum atomic E-state index is -0.774. The summed E-state index contributed by atoms with van der Waals surface area (Å²) >= 11 is 0. The van der Waals surface area contributed by atoms with Crippen LogP contribution in [-0.4, -0.2) is 40.9 Å². The lowest BCUT2D eigenvalue weighted by Crippen LogP contribution is -2.38. The van der Waals surface area contributed by atoms with Gasteiger partial charge < -0.3 is 15.3 Å². The fourth-order valence-corrected chi connectivity index (χ4v) is 3.06. The molecule has 6 nitrogen and oxygen atoms in total. The molecule has 1 saturated heterocycles. The average molecular weight is 330 g/mol. The summed E-state index contributed by atoms with van der Waals surface area (Å²) in [5.74, 6) is -0.452. The third-order valence-corrected chi connectivity index (χ3v) is 4.71. The highest BCUT2D eigenvalue weighted by atomic mass is 16.4. The maximum absolute atomic E-state index is 12.5. The Bertz CT molecular complexity index is 629. The Morgan fingerprint density at radius 1 is 1.04 bits per heavy atom. The van der Waals surface area contributed by atoms with Gasteiger partial charge in [-0.05, 0) is 55.9 Å².